The molecule has 1 fully saturated rings. The molecule has 0 saturated carbocycles. The van der Waals surface area contributed by atoms with Gasteiger partial charge in [-0.05, 0) is 65.3 Å². The summed E-state index contributed by atoms with van der Waals surface area (Å²) in [6.45, 7) is 12.3. The van der Waals surface area contributed by atoms with Crippen LogP contribution in [0.4, 0.5) is 0 Å². The van der Waals surface area contributed by atoms with Gasteiger partial charge in [-0.2, -0.15) is 0 Å². The third-order valence-electron chi connectivity index (χ3n) is 7.19. The lowest BCUT2D eigenvalue weighted by atomic mass is 10.0. The number of aryl methyl sites for hydroxylation is 1. The average Bonchev–Trinajstić information content (AvgIpc) is 2.87. The molecular weight excluding hydrogens is 454 g/mol. The van der Waals surface area contributed by atoms with E-state index in [1.165, 1.54) is 0 Å². The molecule has 1 saturated heterocycles. The Morgan fingerprint density at radius 3 is 2.58 bits per heavy atom. The maximum Gasteiger partial charge on any atom is 0.234 e. The summed E-state index contributed by atoms with van der Waals surface area (Å²) < 4.78 is 6.16. The molecular formula is C28H47N5O3. The molecule has 8 heteroatoms. The van der Waals surface area contributed by atoms with Gasteiger partial charge in [0.05, 0.1) is 13.2 Å². The van der Waals surface area contributed by atoms with Gasteiger partial charge in [0.2, 0.25) is 11.8 Å². The molecule has 8 nitrogen and oxygen atoms in total. The van der Waals surface area contributed by atoms with Crippen molar-refractivity contribution in [2.24, 2.45) is 0 Å². The van der Waals surface area contributed by atoms with Crippen molar-refractivity contribution in [3.8, 4) is 5.75 Å². The summed E-state index contributed by atoms with van der Waals surface area (Å²) in [5.41, 5.74) is 2.24. The van der Waals surface area contributed by atoms with E-state index in [0.717, 1.165) is 88.4 Å². The molecule has 0 atom stereocenters. The van der Waals surface area contributed by atoms with Gasteiger partial charge in [0.25, 0.3) is 0 Å². The Labute approximate surface area is 217 Å². The number of fused-ring (bicyclic) bond motifs is 1. The fourth-order valence-corrected chi connectivity index (χ4v) is 4.72. The lowest BCUT2D eigenvalue weighted by Crippen LogP contribution is -2.50. The highest BCUT2D eigenvalue weighted by Gasteiger charge is 2.21. The molecule has 202 valence electrons. The zero-order valence-corrected chi connectivity index (χ0v) is 22.9. The van der Waals surface area contributed by atoms with E-state index in [4.69, 9.17) is 4.74 Å². The Kier molecular flexibility index (Phi) is 11.5. The molecule has 1 aromatic carbocycles. The van der Waals surface area contributed by atoms with Gasteiger partial charge < -0.3 is 19.9 Å². The van der Waals surface area contributed by atoms with Gasteiger partial charge in [-0.15, -0.1) is 0 Å². The molecule has 2 aliphatic heterocycles. The Hall–Kier alpha value is -2.16. The number of nitrogens with zero attached hydrogens (tertiary/aromatic N) is 4. The van der Waals surface area contributed by atoms with Gasteiger partial charge in [-0.25, -0.2) is 0 Å². The Balaban J connectivity index is 1.60. The van der Waals surface area contributed by atoms with E-state index in [0.29, 0.717) is 26.1 Å². The fourth-order valence-electron chi connectivity index (χ4n) is 4.72. The van der Waals surface area contributed by atoms with Crippen LogP contribution in [0.2, 0.25) is 0 Å². The first-order valence-corrected chi connectivity index (χ1v) is 13.7. The van der Waals surface area contributed by atoms with Gasteiger partial charge in [-0.1, -0.05) is 12.1 Å². The third-order valence-corrected chi connectivity index (χ3v) is 7.19. The van der Waals surface area contributed by atoms with Crippen LogP contribution in [0.15, 0.2) is 18.2 Å². The first kappa shape index (κ1) is 28.4. The van der Waals surface area contributed by atoms with Crippen molar-refractivity contribution in [3.05, 3.63) is 29.3 Å². The zero-order chi connectivity index (χ0) is 25.9. The molecule has 3 rings (SSSR count). The Bertz CT molecular complexity index is 836. The molecule has 0 bridgehead atoms. The average molecular weight is 502 g/mol. The van der Waals surface area contributed by atoms with Crippen LogP contribution >= 0.6 is 0 Å². The van der Waals surface area contributed by atoms with Gasteiger partial charge in [-0.3, -0.25) is 19.4 Å². The molecule has 1 N–H and O–H groups in total. The van der Waals surface area contributed by atoms with Crippen LogP contribution in [0, 0.1) is 0 Å². The number of hydrogen-bond donors (Lipinski definition) is 1. The number of nitrogens with one attached hydrogen (secondary N) is 1. The molecule has 36 heavy (non-hydrogen) atoms. The Morgan fingerprint density at radius 1 is 1.08 bits per heavy atom. The summed E-state index contributed by atoms with van der Waals surface area (Å²) in [6.07, 6.45) is 4.22. The summed E-state index contributed by atoms with van der Waals surface area (Å²) in [5, 5.41) is 3.05. The second-order valence-electron chi connectivity index (χ2n) is 10.7. The van der Waals surface area contributed by atoms with Crippen molar-refractivity contribution in [1.29, 1.82) is 0 Å². The van der Waals surface area contributed by atoms with Crippen LogP contribution in [0.25, 0.3) is 0 Å². The maximum atomic E-state index is 12.9. The van der Waals surface area contributed by atoms with Crippen LogP contribution in [-0.4, -0.2) is 111 Å². The minimum Gasteiger partial charge on any atom is -0.493 e. The standard InChI is InChI=1S/C28H47N5O3/c1-23(2)33-21-25-20-24(8-10-26(25)36-19-7-5-6-12-29-27(34)22-33)9-11-28(35)32-17-15-31(16-18-32)14-13-30(3)4/h8,10,20,23H,5-7,9,11-19,21-22H2,1-4H3,(H,29,34). The highest BCUT2D eigenvalue weighted by Crippen LogP contribution is 2.24. The first-order valence-electron chi connectivity index (χ1n) is 13.7. The summed E-state index contributed by atoms with van der Waals surface area (Å²) in [5.74, 6) is 1.21. The summed E-state index contributed by atoms with van der Waals surface area (Å²) in [4.78, 5) is 34.2. The number of rotatable bonds is 7. The van der Waals surface area contributed by atoms with Gasteiger partial charge in [0, 0.05) is 70.4 Å². The number of likely N-dealkylation sites (N-methyl/N-ethyl adjacent to an activating group) is 1. The van der Waals surface area contributed by atoms with Crippen molar-refractivity contribution < 1.29 is 14.3 Å². The molecule has 0 unspecified atom stereocenters. The first-order chi connectivity index (χ1) is 17.3. The number of carbonyl (C=O) groups excluding carboxylic acids is 2. The second kappa shape index (κ2) is 14.5. The maximum absolute atomic E-state index is 12.9. The summed E-state index contributed by atoms with van der Waals surface area (Å²) in [6, 6.07) is 6.55. The van der Waals surface area contributed by atoms with E-state index in [2.05, 4.69) is 66.2 Å². The smallest absolute Gasteiger partial charge is 0.234 e. The molecule has 0 radical (unpaired) electrons. The SMILES string of the molecule is CC(C)N1CC(=O)NCCCCCOc2ccc(CCC(=O)N3CCN(CCN(C)C)CC3)cc2C1. The number of amides is 2. The van der Waals surface area contributed by atoms with Crippen molar-refractivity contribution in [2.45, 2.75) is 58.5 Å². The molecule has 0 aliphatic carbocycles. The lowest BCUT2D eigenvalue weighted by molar-refractivity contribution is -0.133. The topological polar surface area (TPSA) is 68.4 Å². The predicted octanol–water partition coefficient (Wildman–Crippen LogP) is 2.21. The lowest BCUT2D eigenvalue weighted by Gasteiger charge is -2.35. The number of carbonyl (C=O) groups is 2. The number of hydrogen-bond acceptors (Lipinski definition) is 6. The largest absolute Gasteiger partial charge is 0.493 e. The summed E-state index contributed by atoms with van der Waals surface area (Å²) in [7, 11) is 4.19. The number of piperazine rings is 1. The second-order valence-corrected chi connectivity index (χ2v) is 10.7. The third kappa shape index (κ3) is 9.37. The van der Waals surface area contributed by atoms with E-state index >= 15 is 0 Å². The minimum atomic E-state index is 0.0778. The van der Waals surface area contributed by atoms with Gasteiger partial charge >= 0.3 is 0 Å². The van der Waals surface area contributed by atoms with Gasteiger partial charge in [0.1, 0.15) is 5.75 Å². The minimum absolute atomic E-state index is 0.0778. The molecule has 1 aromatic rings. The molecule has 0 spiro atoms. The number of benzene rings is 1. The molecule has 2 heterocycles. The van der Waals surface area contributed by atoms with E-state index < -0.39 is 0 Å². The van der Waals surface area contributed by atoms with Crippen LogP contribution < -0.4 is 10.1 Å². The highest BCUT2D eigenvalue weighted by atomic mass is 16.5. The van der Waals surface area contributed by atoms with Crippen LogP contribution in [0.5, 0.6) is 5.75 Å². The molecule has 2 amide bonds. The van der Waals surface area contributed by atoms with Crippen LogP contribution in [-0.2, 0) is 22.6 Å². The molecule has 0 aromatic heterocycles. The fraction of sp³-hybridized carbons (Fsp3) is 0.714. The van der Waals surface area contributed by atoms with Crippen LogP contribution in [0.1, 0.15) is 50.7 Å². The van der Waals surface area contributed by atoms with Crippen molar-refractivity contribution in [2.75, 3.05) is 73.1 Å². The normalized spacial score (nSPS) is 19.2. The van der Waals surface area contributed by atoms with E-state index in [-0.39, 0.29) is 17.9 Å². The highest BCUT2D eigenvalue weighted by molar-refractivity contribution is 5.78. The quantitative estimate of drug-likeness (QED) is 0.618. The van der Waals surface area contributed by atoms with Crippen LogP contribution in [0.3, 0.4) is 0 Å². The Morgan fingerprint density at radius 2 is 1.86 bits per heavy atom. The zero-order valence-electron chi connectivity index (χ0n) is 22.9. The number of ether oxygens (including phenoxy) is 1. The van der Waals surface area contributed by atoms with Crippen molar-refractivity contribution >= 4 is 11.8 Å². The van der Waals surface area contributed by atoms with Crippen molar-refractivity contribution in [1.82, 2.24) is 24.9 Å². The monoisotopic (exact) mass is 501 g/mol. The van der Waals surface area contributed by atoms with Crippen molar-refractivity contribution in [3.63, 3.8) is 0 Å². The molecule has 2 aliphatic rings. The van der Waals surface area contributed by atoms with Gasteiger partial charge in [0.15, 0.2) is 0 Å². The predicted molar refractivity (Wildman–Crippen MR) is 144 cm³/mol. The van der Waals surface area contributed by atoms with E-state index in [1.807, 2.05) is 4.90 Å². The van der Waals surface area contributed by atoms with E-state index in [9.17, 15) is 9.59 Å². The summed E-state index contributed by atoms with van der Waals surface area (Å²) >= 11 is 0. The van der Waals surface area contributed by atoms with E-state index in [1.54, 1.807) is 0 Å².